The summed E-state index contributed by atoms with van der Waals surface area (Å²) in [7, 11) is 1.82. The van der Waals surface area contributed by atoms with Crippen molar-refractivity contribution in [3.8, 4) is 0 Å². The molecule has 150 valence electrons. The molecule has 2 unspecified atom stereocenters. The van der Waals surface area contributed by atoms with Gasteiger partial charge in [0.05, 0.1) is 24.9 Å². The van der Waals surface area contributed by atoms with Crippen LogP contribution in [0.1, 0.15) is 36.9 Å². The maximum absolute atomic E-state index is 5.87. The van der Waals surface area contributed by atoms with Crippen LogP contribution in [0.5, 0.6) is 0 Å². The molecular weight excluding hydrogens is 340 g/mol. The van der Waals surface area contributed by atoms with Crippen molar-refractivity contribution in [2.24, 2.45) is 4.99 Å². The molecule has 0 amide bonds. The molecule has 2 N–H and O–H groups in total. The summed E-state index contributed by atoms with van der Waals surface area (Å²) in [5, 5.41) is 6.97. The van der Waals surface area contributed by atoms with E-state index < -0.39 is 0 Å². The molecule has 0 aromatic heterocycles. The maximum atomic E-state index is 5.87. The second kappa shape index (κ2) is 9.53. The Morgan fingerprint density at radius 1 is 1.26 bits per heavy atom. The number of nitrogens with zero attached hydrogens (tertiary/aromatic N) is 2. The Morgan fingerprint density at radius 2 is 2.07 bits per heavy atom. The lowest BCUT2D eigenvalue weighted by atomic mass is 10.0. The van der Waals surface area contributed by atoms with E-state index >= 15 is 0 Å². The van der Waals surface area contributed by atoms with Gasteiger partial charge in [-0.15, -0.1) is 0 Å². The fourth-order valence-electron chi connectivity index (χ4n) is 3.89. The number of guanidine groups is 1. The SMILES string of the molecule is CN=C(NCC(c1cccc(C)c1)N1CCOCC1)NCC1(C)CCCO1. The molecule has 2 atom stereocenters. The first-order chi connectivity index (χ1) is 13.1. The first-order valence-electron chi connectivity index (χ1n) is 10.1. The Kier molecular flexibility index (Phi) is 7.10. The van der Waals surface area contributed by atoms with Crippen molar-refractivity contribution in [1.29, 1.82) is 0 Å². The molecule has 6 nitrogen and oxygen atoms in total. The Hall–Kier alpha value is -1.63. The first kappa shape index (κ1) is 20.1. The highest BCUT2D eigenvalue weighted by Gasteiger charge is 2.30. The van der Waals surface area contributed by atoms with Gasteiger partial charge in [0, 0.05) is 39.8 Å². The summed E-state index contributed by atoms with van der Waals surface area (Å²) in [5.74, 6) is 0.831. The Balaban J connectivity index is 1.62. The van der Waals surface area contributed by atoms with E-state index in [1.165, 1.54) is 11.1 Å². The summed E-state index contributed by atoms with van der Waals surface area (Å²) in [4.78, 5) is 6.90. The zero-order valence-electron chi connectivity index (χ0n) is 17.0. The molecule has 1 aromatic carbocycles. The predicted molar refractivity (Wildman–Crippen MR) is 109 cm³/mol. The molecule has 2 saturated heterocycles. The Labute approximate surface area is 163 Å². The molecule has 0 radical (unpaired) electrons. The van der Waals surface area contributed by atoms with Gasteiger partial charge in [0.25, 0.3) is 0 Å². The zero-order valence-corrected chi connectivity index (χ0v) is 17.0. The summed E-state index contributed by atoms with van der Waals surface area (Å²) >= 11 is 0. The van der Waals surface area contributed by atoms with Crippen LogP contribution in [-0.2, 0) is 9.47 Å². The molecule has 0 spiro atoms. The number of aliphatic imine (C=N–C) groups is 1. The van der Waals surface area contributed by atoms with E-state index in [0.29, 0.717) is 6.04 Å². The van der Waals surface area contributed by atoms with Crippen LogP contribution in [0.2, 0.25) is 0 Å². The van der Waals surface area contributed by atoms with Crippen molar-refractivity contribution in [3.05, 3.63) is 35.4 Å². The third-order valence-electron chi connectivity index (χ3n) is 5.53. The van der Waals surface area contributed by atoms with Crippen molar-refractivity contribution in [2.75, 3.05) is 53.0 Å². The normalized spacial score (nSPS) is 25.4. The molecule has 1 aromatic rings. The fourth-order valence-corrected chi connectivity index (χ4v) is 3.89. The lowest BCUT2D eigenvalue weighted by Crippen LogP contribution is -2.49. The quantitative estimate of drug-likeness (QED) is 0.590. The van der Waals surface area contributed by atoms with Crippen LogP contribution in [0.4, 0.5) is 0 Å². The van der Waals surface area contributed by atoms with Gasteiger partial charge in [0.15, 0.2) is 5.96 Å². The van der Waals surface area contributed by atoms with Gasteiger partial charge < -0.3 is 20.1 Å². The van der Waals surface area contributed by atoms with Gasteiger partial charge in [-0.2, -0.15) is 0 Å². The molecule has 6 heteroatoms. The fraction of sp³-hybridized carbons (Fsp3) is 0.667. The number of hydrogen-bond donors (Lipinski definition) is 2. The van der Waals surface area contributed by atoms with E-state index in [9.17, 15) is 0 Å². The molecule has 2 heterocycles. The zero-order chi connectivity index (χ0) is 19.1. The summed E-state index contributed by atoms with van der Waals surface area (Å²) in [6.07, 6.45) is 2.23. The minimum Gasteiger partial charge on any atom is -0.379 e. The molecule has 27 heavy (non-hydrogen) atoms. The van der Waals surface area contributed by atoms with Crippen molar-refractivity contribution in [1.82, 2.24) is 15.5 Å². The molecule has 0 saturated carbocycles. The van der Waals surface area contributed by atoms with Gasteiger partial charge in [-0.25, -0.2) is 0 Å². The lowest BCUT2D eigenvalue weighted by molar-refractivity contribution is 0.0167. The van der Waals surface area contributed by atoms with Crippen LogP contribution in [0.25, 0.3) is 0 Å². The topological polar surface area (TPSA) is 58.1 Å². The number of aryl methyl sites for hydroxylation is 1. The van der Waals surface area contributed by atoms with Crippen LogP contribution in [0, 0.1) is 6.92 Å². The van der Waals surface area contributed by atoms with Crippen LogP contribution in [0.3, 0.4) is 0 Å². The monoisotopic (exact) mass is 374 g/mol. The van der Waals surface area contributed by atoms with Gasteiger partial charge in [-0.1, -0.05) is 29.8 Å². The van der Waals surface area contributed by atoms with E-state index in [0.717, 1.165) is 64.8 Å². The van der Waals surface area contributed by atoms with Crippen molar-refractivity contribution >= 4 is 5.96 Å². The van der Waals surface area contributed by atoms with Gasteiger partial charge >= 0.3 is 0 Å². The standard InChI is InChI=1S/C21H34N4O2/c1-17-6-4-7-18(14-17)19(25-9-12-26-13-10-25)15-23-20(22-3)24-16-21(2)8-5-11-27-21/h4,6-7,14,19H,5,8-13,15-16H2,1-3H3,(H2,22,23,24). The Bertz CT molecular complexity index is 622. The number of morpholine rings is 1. The highest BCUT2D eigenvalue weighted by Crippen LogP contribution is 2.24. The third kappa shape index (κ3) is 5.67. The van der Waals surface area contributed by atoms with Crippen molar-refractivity contribution in [3.63, 3.8) is 0 Å². The maximum Gasteiger partial charge on any atom is 0.191 e. The molecule has 3 rings (SSSR count). The summed E-state index contributed by atoms with van der Waals surface area (Å²) in [6, 6.07) is 9.09. The van der Waals surface area contributed by atoms with Gasteiger partial charge in [0.2, 0.25) is 0 Å². The van der Waals surface area contributed by atoms with Gasteiger partial charge in [0.1, 0.15) is 0 Å². The van der Waals surface area contributed by atoms with E-state index in [1.54, 1.807) is 0 Å². The molecule has 0 aliphatic carbocycles. The number of benzene rings is 1. The van der Waals surface area contributed by atoms with E-state index in [2.05, 4.69) is 58.6 Å². The number of ether oxygens (including phenoxy) is 2. The number of nitrogens with one attached hydrogen (secondary N) is 2. The first-order valence-corrected chi connectivity index (χ1v) is 10.1. The van der Waals surface area contributed by atoms with E-state index in [-0.39, 0.29) is 5.60 Å². The smallest absolute Gasteiger partial charge is 0.191 e. The summed E-state index contributed by atoms with van der Waals surface area (Å²) in [5.41, 5.74) is 2.54. The average Bonchev–Trinajstić information content (AvgIpc) is 3.12. The molecule has 2 fully saturated rings. The average molecular weight is 375 g/mol. The van der Waals surface area contributed by atoms with Gasteiger partial charge in [-0.05, 0) is 32.3 Å². The Morgan fingerprint density at radius 3 is 2.74 bits per heavy atom. The van der Waals surface area contributed by atoms with E-state index in [4.69, 9.17) is 9.47 Å². The summed E-state index contributed by atoms with van der Waals surface area (Å²) in [6.45, 7) is 10.3. The van der Waals surface area contributed by atoms with Crippen LogP contribution >= 0.6 is 0 Å². The molecule has 2 aliphatic heterocycles. The predicted octanol–water partition coefficient (Wildman–Crippen LogP) is 2.10. The second-order valence-electron chi connectivity index (χ2n) is 7.79. The minimum absolute atomic E-state index is 0.0855. The van der Waals surface area contributed by atoms with Crippen LogP contribution in [-0.4, -0.2) is 69.5 Å². The third-order valence-corrected chi connectivity index (χ3v) is 5.53. The van der Waals surface area contributed by atoms with Crippen molar-refractivity contribution in [2.45, 2.75) is 38.3 Å². The lowest BCUT2D eigenvalue weighted by Gasteiger charge is -2.35. The summed E-state index contributed by atoms with van der Waals surface area (Å²) < 4.78 is 11.4. The van der Waals surface area contributed by atoms with Crippen molar-refractivity contribution < 1.29 is 9.47 Å². The minimum atomic E-state index is -0.0855. The molecule has 0 bridgehead atoms. The number of hydrogen-bond acceptors (Lipinski definition) is 4. The van der Waals surface area contributed by atoms with E-state index in [1.807, 2.05) is 7.05 Å². The van der Waals surface area contributed by atoms with Gasteiger partial charge in [-0.3, -0.25) is 9.89 Å². The largest absolute Gasteiger partial charge is 0.379 e. The van der Waals surface area contributed by atoms with Crippen LogP contribution < -0.4 is 10.6 Å². The number of rotatable bonds is 6. The molecule has 2 aliphatic rings. The highest BCUT2D eigenvalue weighted by atomic mass is 16.5. The second-order valence-corrected chi connectivity index (χ2v) is 7.79. The molecular formula is C21H34N4O2. The van der Waals surface area contributed by atoms with Crippen LogP contribution in [0.15, 0.2) is 29.3 Å². The highest BCUT2D eigenvalue weighted by molar-refractivity contribution is 5.79.